The fraction of sp³-hybridized carbons (Fsp3) is 0.455. The van der Waals surface area contributed by atoms with Gasteiger partial charge in [0.15, 0.2) is 11.5 Å². The van der Waals surface area contributed by atoms with Gasteiger partial charge >= 0.3 is 5.97 Å². The third-order valence-corrected chi connectivity index (χ3v) is 2.40. The zero-order chi connectivity index (χ0) is 12.7. The molecule has 1 atom stereocenters. The van der Waals surface area contributed by atoms with Crippen LogP contribution in [0.3, 0.4) is 0 Å². The number of carboxylic acid groups (broad SMARTS) is 1. The van der Waals surface area contributed by atoms with E-state index in [1.807, 2.05) is 13.0 Å². The van der Waals surface area contributed by atoms with Crippen LogP contribution in [-0.2, 0) is 4.79 Å². The van der Waals surface area contributed by atoms with E-state index < -0.39 is 5.97 Å². The van der Waals surface area contributed by atoms with Crippen LogP contribution in [0.4, 0.5) is 5.82 Å². The molecule has 0 aliphatic heterocycles. The lowest BCUT2D eigenvalue weighted by atomic mass is 10.0. The Labute approximate surface area is 99.3 Å². The molecule has 6 nitrogen and oxygen atoms in total. The molecule has 0 radical (unpaired) electrons. The van der Waals surface area contributed by atoms with Gasteiger partial charge in [-0.3, -0.25) is 4.79 Å². The van der Waals surface area contributed by atoms with E-state index in [4.69, 9.17) is 10.4 Å². The van der Waals surface area contributed by atoms with Crippen LogP contribution in [0.15, 0.2) is 12.4 Å². The van der Waals surface area contributed by atoms with Gasteiger partial charge in [0.25, 0.3) is 0 Å². The number of nitrogens with one attached hydrogen (secondary N) is 1. The van der Waals surface area contributed by atoms with Crippen LogP contribution in [0, 0.1) is 17.2 Å². The molecule has 1 aromatic rings. The lowest BCUT2D eigenvalue weighted by molar-refractivity contribution is -0.138. The van der Waals surface area contributed by atoms with Gasteiger partial charge in [-0.1, -0.05) is 13.3 Å². The van der Waals surface area contributed by atoms with Crippen molar-refractivity contribution in [3.63, 3.8) is 0 Å². The fourth-order valence-electron chi connectivity index (χ4n) is 1.40. The number of carbonyl (C=O) groups is 1. The molecule has 0 spiro atoms. The average Bonchev–Trinajstić information content (AvgIpc) is 2.34. The van der Waals surface area contributed by atoms with Gasteiger partial charge in [0, 0.05) is 25.4 Å². The number of anilines is 1. The van der Waals surface area contributed by atoms with E-state index in [1.54, 1.807) is 0 Å². The number of hydrogen-bond acceptors (Lipinski definition) is 5. The van der Waals surface area contributed by atoms with E-state index in [9.17, 15) is 4.79 Å². The standard InChI is InChI=1S/C11H14N4O2/c1-2-8(5-10(16)17)7-15-11-9(6-12)13-3-4-14-11/h3-4,8H,2,5,7H2,1H3,(H,14,15)(H,16,17). The smallest absolute Gasteiger partial charge is 0.303 e. The number of carboxylic acids is 1. The zero-order valence-corrected chi connectivity index (χ0v) is 9.55. The van der Waals surface area contributed by atoms with Crippen molar-refractivity contribution < 1.29 is 9.90 Å². The van der Waals surface area contributed by atoms with Gasteiger partial charge in [-0.25, -0.2) is 9.97 Å². The maximum Gasteiger partial charge on any atom is 0.303 e. The maximum atomic E-state index is 10.6. The fourth-order valence-corrected chi connectivity index (χ4v) is 1.40. The highest BCUT2D eigenvalue weighted by molar-refractivity contribution is 5.67. The summed E-state index contributed by atoms with van der Waals surface area (Å²) in [5, 5.41) is 20.5. The summed E-state index contributed by atoms with van der Waals surface area (Å²) in [5.41, 5.74) is 0.220. The average molecular weight is 234 g/mol. The molecule has 6 heteroatoms. The van der Waals surface area contributed by atoms with Crippen LogP contribution >= 0.6 is 0 Å². The molecule has 90 valence electrons. The van der Waals surface area contributed by atoms with E-state index in [2.05, 4.69) is 15.3 Å². The first-order valence-corrected chi connectivity index (χ1v) is 5.34. The van der Waals surface area contributed by atoms with Crippen molar-refractivity contribution in [1.82, 2.24) is 9.97 Å². The predicted octanol–water partition coefficient (Wildman–Crippen LogP) is 1.26. The summed E-state index contributed by atoms with van der Waals surface area (Å²) < 4.78 is 0. The van der Waals surface area contributed by atoms with Crippen molar-refractivity contribution in [2.45, 2.75) is 19.8 Å². The van der Waals surface area contributed by atoms with Gasteiger partial charge in [0.05, 0.1) is 0 Å². The minimum atomic E-state index is -0.821. The monoisotopic (exact) mass is 234 g/mol. The minimum Gasteiger partial charge on any atom is -0.481 e. The van der Waals surface area contributed by atoms with Crippen LogP contribution < -0.4 is 5.32 Å². The molecule has 0 aromatic carbocycles. The Balaban J connectivity index is 2.60. The van der Waals surface area contributed by atoms with Crippen LogP contribution in [0.5, 0.6) is 0 Å². The summed E-state index contributed by atoms with van der Waals surface area (Å²) in [4.78, 5) is 18.4. The van der Waals surface area contributed by atoms with Crippen molar-refractivity contribution in [3.8, 4) is 6.07 Å². The van der Waals surface area contributed by atoms with Crippen LogP contribution in [0.2, 0.25) is 0 Å². The highest BCUT2D eigenvalue weighted by Gasteiger charge is 2.12. The maximum absolute atomic E-state index is 10.6. The first-order chi connectivity index (χ1) is 8.17. The molecule has 1 aromatic heterocycles. The summed E-state index contributed by atoms with van der Waals surface area (Å²) in [7, 11) is 0. The number of nitriles is 1. The molecule has 1 unspecified atom stereocenters. The Morgan fingerprint density at radius 3 is 2.88 bits per heavy atom. The quantitative estimate of drug-likeness (QED) is 0.768. The SMILES string of the molecule is CCC(CNc1nccnc1C#N)CC(=O)O. The van der Waals surface area contributed by atoms with Crippen LogP contribution in [0.25, 0.3) is 0 Å². The second-order valence-electron chi connectivity index (χ2n) is 3.62. The Morgan fingerprint density at radius 2 is 2.29 bits per heavy atom. The molecule has 0 amide bonds. The Bertz CT molecular complexity index is 428. The third kappa shape index (κ3) is 4.07. The summed E-state index contributed by atoms with van der Waals surface area (Å²) in [5.74, 6) is -0.404. The van der Waals surface area contributed by atoms with Crippen molar-refractivity contribution in [2.24, 2.45) is 5.92 Å². The summed E-state index contributed by atoms with van der Waals surface area (Å²) >= 11 is 0. The van der Waals surface area contributed by atoms with E-state index in [-0.39, 0.29) is 18.0 Å². The van der Waals surface area contributed by atoms with E-state index in [0.29, 0.717) is 12.4 Å². The van der Waals surface area contributed by atoms with E-state index in [0.717, 1.165) is 6.42 Å². The Kier molecular flexibility index (Phi) is 4.88. The van der Waals surface area contributed by atoms with E-state index >= 15 is 0 Å². The van der Waals surface area contributed by atoms with Gasteiger partial charge in [0.2, 0.25) is 0 Å². The summed E-state index contributed by atoms with van der Waals surface area (Å²) in [6.07, 6.45) is 3.78. The normalized spacial score (nSPS) is 11.5. The molecule has 17 heavy (non-hydrogen) atoms. The molecular weight excluding hydrogens is 220 g/mol. The number of aromatic nitrogens is 2. The highest BCUT2D eigenvalue weighted by Crippen LogP contribution is 2.12. The highest BCUT2D eigenvalue weighted by atomic mass is 16.4. The van der Waals surface area contributed by atoms with Gasteiger partial charge in [-0.05, 0) is 5.92 Å². The molecule has 2 N–H and O–H groups in total. The summed E-state index contributed by atoms with van der Waals surface area (Å²) in [6.45, 7) is 2.40. The van der Waals surface area contributed by atoms with Gasteiger partial charge in [-0.15, -0.1) is 0 Å². The molecule has 0 saturated heterocycles. The molecule has 1 rings (SSSR count). The topological polar surface area (TPSA) is 98.9 Å². The molecule has 1 heterocycles. The predicted molar refractivity (Wildman–Crippen MR) is 61.3 cm³/mol. The molecule has 0 fully saturated rings. The number of nitrogens with zero attached hydrogens (tertiary/aromatic N) is 3. The molecule has 0 saturated carbocycles. The van der Waals surface area contributed by atoms with Crippen molar-refractivity contribution in [1.29, 1.82) is 5.26 Å². The van der Waals surface area contributed by atoms with Crippen molar-refractivity contribution >= 4 is 11.8 Å². The molecule has 0 aliphatic rings. The van der Waals surface area contributed by atoms with Gasteiger partial charge in [-0.2, -0.15) is 5.26 Å². The Hall–Kier alpha value is -2.16. The van der Waals surface area contributed by atoms with E-state index in [1.165, 1.54) is 12.4 Å². The second-order valence-corrected chi connectivity index (χ2v) is 3.62. The lowest BCUT2D eigenvalue weighted by Gasteiger charge is -2.13. The third-order valence-electron chi connectivity index (χ3n) is 2.40. The van der Waals surface area contributed by atoms with Gasteiger partial charge in [0.1, 0.15) is 6.07 Å². The molecular formula is C11H14N4O2. The molecule has 0 aliphatic carbocycles. The zero-order valence-electron chi connectivity index (χ0n) is 9.55. The van der Waals surface area contributed by atoms with Crippen LogP contribution in [-0.4, -0.2) is 27.6 Å². The largest absolute Gasteiger partial charge is 0.481 e. The van der Waals surface area contributed by atoms with Gasteiger partial charge < -0.3 is 10.4 Å². The minimum absolute atomic E-state index is 0.0149. The lowest BCUT2D eigenvalue weighted by Crippen LogP contribution is -2.18. The first-order valence-electron chi connectivity index (χ1n) is 5.34. The number of aliphatic carboxylic acids is 1. The van der Waals surface area contributed by atoms with Crippen molar-refractivity contribution in [3.05, 3.63) is 18.1 Å². The molecule has 0 bridgehead atoms. The number of rotatable bonds is 6. The van der Waals surface area contributed by atoms with Crippen molar-refractivity contribution in [2.75, 3.05) is 11.9 Å². The Morgan fingerprint density at radius 1 is 1.59 bits per heavy atom. The summed E-state index contributed by atoms with van der Waals surface area (Å²) in [6, 6.07) is 1.93. The second kappa shape index (κ2) is 6.43. The number of hydrogen-bond donors (Lipinski definition) is 2. The van der Waals surface area contributed by atoms with Crippen LogP contribution in [0.1, 0.15) is 25.5 Å². The first kappa shape index (κ1) is 12.9.